The lowest BCUT2D eigenvalue weighted by molar-refractivity contribution is -0.142. The SMILES string of the molecule is CCC(O)CC(Cc1ccc(F)cc1)C(=O)O. The van der Waals surface area contributed by atoms with Gasteiger partial charge in [-0.3, -0.25) is 4.79 Å². The minimum absolute atomic E-state index is 0.225. The average Bonchev–Trinajstić information content (AvgIpc) is 2.30. The summed E-state index contributed by atoms with van der Waals surface area (Å²) in [7, 11) is 0. The van der Waals surface area contributed by atoms with Crippen LogP contribution in [0.25, 0.3) is 0 Å². The molecule has 0 fully saturated rings. The fourth-order valence-corrected chi connectivity index (χ4v) is 1.67. The Labute approximate surface area is 99.9 Å². The van der Waals surface area contributed by atoms with E-state index in [9.17, 15) is 14.3 Å². The van der Waals surface area contributed by atoms with Crippen LogP contribution >= 0.6 is 0 Å². The van der Waals surface area contributed by atoms with E-state index in [0.29, 0.717) is 12.8 Å². The number of carbonyl (C=O) groups is 1. The normalized spacial score (nSPS) is 14.3. The summed E-state index contributed by atoms with van der Waals surface area (Å²) in [5.74, 6) is -1.90. The van der Waals surface area contributed by atoms with E-state index in [1.165, 1.54) is 12.1 Å². The summed E-state index contributed by atoms with van der Waals surface area (Å²) in [5, 5.41) is 18.5. The van der Waals surface area contributed by atoms with Crippen molar-refractivity contribution in [2.75, 3.05) is 0 Å². The van der Waals surface area contributed by atoms with Crippen LogP contribution in [0.3, 0.4) is 0 Å². The van der Waals surface area contributed by atoms with Crippen LogP contribution in [0.2, 0.25) is 0 Å². The molecule has 0 aromatic heterocycles. The van der Waals surface area contributed by atoms with Crippen LogP contribution < -0.4 is 0 Å². The van der Waals surface area contributed by atoms with Crippen molar-refractivity contribution in [3.63, 3.8) is 0 Å². The van der Waals surface area contributed by atoms with E-state index in [0.717, 1.165) is 5.56 Å². The Kier molecular flexibility index (Phi) is 5.10. The molecule has 1 rings (SSSR count). The molecule has 0 aliphatic heterocycles. The van der Waals surface area contributed by atoms with Crippen LogP contribution in [0.15, 0.2) is 24.3 Å². The maximum atomic E-state index is 12.7. The van der Waals surface area contributed by atoms with E-state index in [-0.39, 0.29) is 12.2 Å². The van der Waals surface area contributed by atoms with Crippen molar-refractivity contribution in [1.82, 2.24) is 0 Å². The van der Waals surface area contributed by atoms with E-state index >= 15 is 0 Å². The largest absolute Gasteiger partial charge is 0.481 e. The Bertz CT molecular complexity index is 361. The molecule has 0 bridgehead atoms. The van der Waals surface area contributed by atoms with Gasteiger partial charge in [-0.05, 0) is 37.0 Å². The Hall–Kier alpha value is -1.42. The Morgan fingerprint density at radius 3 is 2.41 bits per heavy atom. The molecule has 0 saturated carbocycles. The first-order chi connectivity index (χ1) is 8.02. The fourth-order valence-electron chi connectivity index (χ4n) is 1.67. The van der Waals surface area contributed by atoms with Gasteiger partial charge in [0.1, 0.15) is 5.82 Å². The van der Waals surface area contributed by atoms with Gasteiger partial charge in [0.15, 0.2) is 0 Å². The molecule has 4 heteroatoms. The average molecular weight is 240 g/mol. The zero-order valence-electron chi connectivity index (χ0n) is 9.77. The molecule has 0 radical (unpaired) electrons. The second kappa shape index (κ2) is 6.35. The van der Waals surface area contributed by atoms with Crippen molar-refractivity contribution < 1.29 is 19.4 Å². The Morgan fingerprint density at radius 1 is 1.35 bits per heavy atom. The van der Waals surface area contributed by atoms with Crippen molar-refractivity contribution in [3.8, 4) is 0 Å². The number of rotatable bonds is 6. The minimum Gasteiger partial charge on any atom is -0.481 e. The zero-order valence-corrected chi connectivity index (χ0v) is 9.77. The molecular weight excluding hydrogens is 223 g/mol. The second-order valence-electron chi connectivity index (χ2n) is 4.16. The van der Waals surface area contributed by atoms with Crippen LogP contribution in [0, 0.1) is 11.7 Å². The van der Waals surface area contributed by atoms with Crippen LogP contribution in [0.5, 0.6) is 0 Å². The quantitative estimate of drug-likeness (QED) is 0.801. The third-order valence-corrected chi connectivity index (χ3v) is 2.77. The van der Waals surface area contributed by atoms with Gasteiger partial charge in [0, 0.05) is 0 Å². The molecule has 2 atom stereocenters. The summed E-state index contributed by atoms with van der Waals surface area (Å²) in [4.78, 5) is 11.0. The van der Waals surface area contributed by atoms with Crippen LogP contribution in [0.4, 0.5) is 4.39 Å². The number of hydrogen-bond donors (Lipinski definition) is 2. The summed E-state index contributed by atoms with van der Waals surface area (Å²) < 4.78 is 12.7. The molecular formula is C13H17FO3. The Morgan fingerprint density at radius 2 is 1.94 bits per heavy atom. The van der Waals surface area contributed by atoms with Gasteiger partial charge in [-0.25, -0.2) is 4.39 Å². The van der Waals surface area contributed by atoms with E-state index < -0.39 is 18.0 Å². The lowest BCUT2D eigenvalue weighted by atomic mass is 9.93. The third kappa shape index (κ3) is 4.53. The summed E-state index contributed by atoms with van der Waals surface area (Å²) >= 11 is 0. The molecule has 0 heterocycles. The van der Waals surface area contributed by atoms with Crippen molar-refractivity contribution in [2.45, 2.75) is 32.3 Å². The highest BCUT2D eigenvalue weighted by atomic mass is 19.1. The van der Waals surface area contributed by atoms with Gasteiger partial charge in [-0.15, -0.1) is 0 Å². The first-order valence-electron chi connectivity index (χ1n) is 5.68. The molecule has 0 amide bonds. The van der Waals surface area contributed by atoms with Crippen molar-refractivity contribution >= 4 is 5.97 Å². The zero-order chi connectivity index (χ0) is 12.8. The van der Waals surface area contributed by atoms with Gasteiger partial charge in [0.2, 0.25) is 0 Å². The number of carboxylic acid groups (broad SMARTS) is 1. The van der Waals surface area contributed by atoms with Crippen molar-refractivity contribution in [3.05, 3.63) is 35.6 Å². The predicted octanol–water partition coefficient (Wildman–Crippen LogP) is 2.23. The highest BCUT2D eigenvalue weighted by Crippen LogP contribution is 2.16. The molecule has 3 nitrogen and oxygen atoms in total. The number of aliphatic carboxylic acids is 1. The van der Waals surface area contributed by atoms with Gasteiger partial charge in [-0.2, -0.15) is 0 Å². The Balaban J connectivity index is 2.66. The molecule has 0 spiro atoms. The summed E-state index contributed by atoms with van der Waals surface area (Å²) in [6.45, 7) is 1.81. The van der Waals surface area contributed by atoms with Gasteiger partial charge in [0.25, 0.3) is 0 Å². The molecule has 94 valence electrons. The molecule has 1 aromatic rings. The molecule has 17 heavy (non-hydrogen) atoms. The van der Waals surface area contributed by atoms with E-state index in [4.69, 9.17) is 5.11 Å². The van der Waals surface area contributed by atoms with Crippen molar-refractivity contribution in [1.29, 1.82) is 0 Å². The molecule has 1 aromatic carbocycles. The van der Waals surface area contributed by atoms with E-state index in [1.54, 1.807) is 12.1 Å². The molecule has 0 aliphatic rings. The number of aliphatic hydroxyl groups is 1. The van der Waals surface area contributed by atoms with Crippen LogP contribution in [-0.4, -0.2) is 22.3 Å². The third-order valence-electron chi connectivity index (χ3n) is 2.77. The summed E-state index contributed by atoms with van der Waals surface area (Å²) in [6.07, 6.45) is 0.472. The summed E-state index contributed by atoms with van der Waals surface area (Å²) in [5.41, 5.74) is 0.766. The number of aliphatic hydroxyl groups excluding tert-OH is 1. The number of benzene rings is 1. The molecule has 2 unspecified atom stereocenters. The van der Waals surface area contributed by atoms with E-state index in [1.807, 2.05) is 6.92 Å². The number of hydrogen-bond acceptors (Lipinski definition) is 2. The van der Waals surface area contributed by atoms with Crippen molar-refractivity contribution in [2.24, 2.45) is 5.92 Å². The highest BCUT2D eigenvalue weighted by Gasteiger charge is 2.21. The maximum absolute atomic E-state index is 12.7. The lowest BCUT2D eigenvalue weighted by Gasteiger charge is -2.15. The first-order valence-corrected chi connectivity index (χ1v) is 5.68. The predicted molar refractivity (Wildman–Crippen MR) is 62.1 cm³/mol. The van der Waals surface area contributed by atoms with Gasteiger partial charge in [-0.1, -0.05) is 19.1 Å². The van der Waals surface area contributed by atoms with Gasteiger partial charge >= 0.3 is 5.97 Å². The first kappa shape index (κ1) is 13.6. The minimum atomic E-state index is -0.929. The maximum Gasteiger partial charge on any atom is 0.306 e. The highest BCUT2D eigenvalue weighted by molar-refractivity contribution is 5.70. The van der Waals surface area contributed by atoms with E-state index in [2.05, 4.69) is 0 Å². The van der Waals surface area contributed by atoms with Crippen LogP contribution in [-0.2, 0) is 11.2 Å². The van der Waals surface area contributed by atoms with Crippen LogP contribution in [0.1, 0.15) is 25.3 Å². The van der Waals surface area contributed by atoms with Gasteiger partial charge in [0.05, 0.1) is 12.0 Å². The number of carboxylic acids is 1. The molecule has 2 N–H and O–H groups in total. The van der Waals surface area contributed by atoms with Gasteiger partial charge < -0.3 is 10.2 Å². The topological polar surface area (TPSA) is 57.5 Å². The second-order valence-corrected chi connectivity index (χ2v) is 4.16. The standard InChI is InChI=1S/C13H17FO3/c1-2-12(15)8-10(13(16)17)7-9-3-5-11(14)6-4-9/h3-6,10,12,15H,2,7-8H2,1H3,(H,16,17). The number of halogens is 1. The molecule has 0 saturated heterocycles. The monoisotopic (exact) mass is 240 g/mol. The molecule has 0 aliphatic carbocycles. The lowest BCUT2D eigenvalue weighted by Crippen LogP contribution is -2.22. The fraction of sp³-hybridized carbons (Fsp3) is 0.462. The summed E-state index contributed by atoms with van der Waals surface area (Å²) in [6, 6.07) is 5.77. The smallest absolute Gasteiger partial charge is 0.306 e.